The SMILES string of the molecule is O=C(COC1CCC1)CC12CC(c3nnc(-c4ccc(Cl)c(F)c4)o3)(C1)C2. The van der Waals surface area contributed by atoms with Crippen LogP contribution in [0.4, 0.5) is 4.39 Å². The third kappa shape index (κ3) is 2.90. The topological polar surface area (TPSA) is 65.2 Å². The van der Waals surface area contributed by atoms with Gasteiger partial charge in [0.1, 0.15) is 12.4 Å². The summed E-state index contributed by atoms with van der Waals surface area (Å²) < 4.78 is 25.1. The molecule has 27 heavy (non-hydrogen) atoms. The molecule has 4 fully saturated rings. The average molecular weight is 391 g/mol. The van der Waals surface area contributed by atoms with Gasteiger partial charge in [0.15, 0.2) is 5.78 Å². The first-order valence-corrected chi connectivity index (χ1v) is 9.78. The molecule has 1 aromatic heterocycles. The molecule has 0 atom stereocenters. The van der Waals surface area contributed by atoms with Crippen molar-refractivity contribution in [2.75, 3.05) is 6.61 Å². The lowest BCUT2D eigenvalue weighted by Crippen LogP contribution is -2.65. The van der Waals surface area contributed by atoms with Crippen LogP contribution in [0.1, 0.15) is 50.8 Å². The van der Waals surface area contributed by atoms with Crippen LogP contribution in [-0.2, 0) is 14.9 Å². The summed E-state index contributed by atoms with van der Waals surface area (Å²) in [7, 11) is 0. The molecule has 0 aliphatic heterocycles. The zero-order valence-electron chi connectivity index (χ0n) is 14.8. The van der Waals surface area contributed by atoms with Gasteiger partial charge in [0, 0.05) is 12.0 Å². The van der Waals surface area contributed by atoms with Crippen molar-refractivity contribution in [1.29, 1.82) is 0 Å². The molecular formula is C20H20ClFN2O3. The Morgan fingerprint density at radius 2 is 2.07 bits per heavy atom. The van der Waals surface area contributed by atoms with E-state index in [0.717, 1.165) is 32.1 Å². The number of aromatic nitrogens is 2. The molecule has 2 aromatic rings. The summed E-state index contributed by atoms with van der Waals surface area (Å²) in [6.07, 6.45) is 6.92. The second kappa shape index (κ2) is 6.11. The van der Waals surface area contributed by atoms with Crippen LogP contribution < -0.4 is 0 Å². The highest BCUT2D eigenvalue weighted by Gasteiger charge is 2.71. The Hall–Kier alpha value is -1.79. The van der Waals surface area contributed by atoms with Crippen LogP contribution in [-0.4, -0.2) is 28.7 Å². The quantitative estimate of drug-likeness (QED) is 0.697. The van der Waals surface area contributed by atoms with Gasteiger partial charge in [0.25, 0.3) is 0 Å². The van der Waals surface area contributed by atoms with E-state index in [2.05, 4.69) is 10.2 Å². The van der Waals surface area contributed by atoms with Crippen LogP contribution in [0.5, 0.6) is 0 Å². The average Bonchev–Trinajstić information content (AvgIpc) is 3.00. The third-order valence-electron chi connectivity index (χ3n) is 6.29. The van der Waals surface area contributed by atoms with Crippen molar-refractivity contribution in [3.05, 3.63) is 34.9 Å². The first-order valence-electron chi connectivity index (χ1n) is 9.40. The van der Waals surface area contributed by atoms with Crippen LogP contribution in [0, 0.1) is 11.2 Å². The number of Topliss-reactive ketones (excluding diaryl/α,β-unsaturated/α-hetero) is 1. The predicted octanol–water partition coefficient (Wildman–Crippen LogP) is 4.48. The fourth-order valence-electron chi connectivity index (χ4n) is 4.81. The lowest BCUT2D eigenvalue weighted by Gasteiger charge is -2.68. The second-order valence-electron chi connectivity index (χ2n) is 8.43. The zero-order chi connectivity index (χ0) is 18.6. The molecule has 1 aromatic carbocycles. The van der Waals surface area contributed by atoms with Gasteiger partial charge >= 0.3 is 0 Å². The van der Waals surface area contributed by atoms with Crippen molar-refractivity contribution in [2.45, 2.75) is 56.5 Å². The maximum absolute atomic E-state index is 13.6. The molecule has 0 radical (unpaired) electrons. The Bertz CT molecular complexity index is 889. The standard InChI is InChI=1S/C20H20ClFN2O3/c21-15-5-4-12(6-16(15)22)17-23-24-18(27-17)20-9-19(10-20,11-20)7-13(25)8-26-14-2-1-3-14/h4-6,14H,1-3,7-11H2. The Kier molecular flexibility index (Phi) is 3.92. The van der Waals surface area contributed by atoms with E-state index in [0.29, 0.717) is 29.9 Å². The smallest absolute Gasteiger partial charge is 0.247 e. The largest absolute Gasteiger partial charge is 0.420 e. The fraction of sp³-hybridized carbons (Fsp3) is 0.550. The number of nitrogens with zero attached hydrogens (tertiary/aromatic N) is 2. The second-order valence-corrected chi connectivity index (χ2v) is 8.84. The van der Waals surface area contributed by atoms with E-state index in [4.69, 9.17) is 20.8 Å². The van der Waals surface area contributed by atoms with Crippen molar-refractivity contribution in [3.8, 4) is 11.5 Å². The molecule has 4 saturated carbocycles. The van der Waals surface area contributed by atoms with Crippen molar-refractivity contribution < 1.29 is 18.3 Å². The molecule has 4 aliphatic carbocycles. The van der Waals surface area contributed by atoms with E-state index in [1.54, 1.807) is 6.07 Å². The van der Waals surface area contributed by atoms with Gasteiger partial charge in [-0.15, -0.1) is 10.2 Å². The number of halogens is 2. The number of hydrogen-bond donors (Lipinski definition) is 0. The molecule has 0 amide bonds. The van der Waals surface area contributed by atoms with Crippen molar-refractivity contribution in [3.63, 3.8) is 0 Å². The molecular weight excluding hydrogens is 371 g/mol. The summed E-state index contributed by atoms with van der Waals surface area (Å²) >= 11 is 5.71. The van der Waals surface area contributed by atoms with E-state index in [1.165, 1.54) is 18.6 Å². The van der Waals surface area contributed by atoms with Crippen LogP contribution in [0.3, 0.4) is 0 Å². The van der Waals surface area contributed by atoms with Gasteiger partial charge in [0.2, 0.25) is 11.8 Å². The highest BCUT2D eigenvalue weighted by atomic mass is 35.5. The van der Waals surface area contributed by atoms with E-state index < -0.39 is 5.82 Å². The normalized spacial score (nSPS) is 29.0. The number of benzene rings is 1. The maximum Gasteiger partial charge on any atom is 0.247 e. The Labute approximate surface area is 161 Å². The first kappa shape index (κ1) is 17.3. The number of ether oxygens (including phenoxy) is 1. The lowest BCUT2D eigenvalue weighted by molar-refractivity contribution is -0.170. The first-order chi connectivity index (χ1) is 13.0. The highest BCUT2D eigenvalue weighted by molar-refractivity contribution is 6.30. The molecule has 6 rings (SSSR count). The summed E-state index contributed by atoms with van der Waals surface area (Å²) in [6, 6.07) is 4.43. The summed E-state index contributed by atoms with van der Waals surface area (Å²) in [5.74, 6) is 0.566. The van der Waals surface area contributed by atoms with E-state index in [-0.39, 0.29) is 28.2 Å². The Morgan fingerprint density at radius 3 is 2.74 bits per heavy atom. The van der Waals surface area contributed by atoms with E-state index in [1.807, 2.05) is 0 Å². The van der Waals surface area contributed by atoms with E-state index >= 15 is 0 Å². The van der Waals surface area contributed by atoms with Crippen molar-refractivity contribution in [1.82, 2.24) is 10.2 Å². The Morgan fingerprint density at radius 1 is 1.30 bits per heavy atom. The summed E-state index contributed by atoms with van der Waals surface area (Å²) in [5.41, 5.74) is 0.493. The van der Waals surface area contributed by atoms with Crippen LogP contribution in [0.2, 0.25) is 5.02 Å². The van der Waals surface area contributed by atoms with E-state index in [9.17, 15) is 9.18 Å². The van der Waals surface area contributed by atoms with Crippen molar-refractivity contribution in [2.24, 2.45) is 5.41 Å². The molecule has 2 bridgehead atoms. The van der Waals surface area contributed by atoms with Gasteiger partial charge in [-0.25, -0.2) is 4.39 Å². The molecule has 5 nitrogen and oxygen atoms in total. The number of carbonyl (C=O) groups is 1. The van der Waals surface area contributed by atoms with Crippen LogP contribution in [0.15, 0.2) is 22.6 Å². The van der Waals surface area contributed by atoms with Gasteiger partial charge in [-0.3, -0.25) is 4.79 Å². The molecule has 0 spiro atoms. The number of ketones is 1. The summed E-state index contributed by atoms with van der Waals surface area (Å²) in [6.45, 7) is 0.242. The number of rotatable bonds is 7. The molecule has 0 unspecified atom stereocenters. The minimum atomic E-state index is -0.513. The molecule has 0 N–H and O–H groups in total. The summed E-state index contributed by atoms with van der Waals surface area (Å²) in [4.78, 5) is 12.2. The minimum absolute atomic E-state index is 0.0609. The van der Waals surface area contributed by atoms with Gasteiger partial charge in [-0.05, 0) is 62.1 Å². The van der Waals surface area contributed by atoms with Gasteiger partial charge in [-0.2, -0.15) is 0 Å². The monoisotopic (exact) mass is 390 g/mol. The van der Waals surface area contributed by atoms with Gasteiger partial charge in [-0.1, -0.05) is 11.6 Å². The Balaban J connectivity index is 1.19. The molecule has 4 aliphatic rings. The third-order valence-corrected chi connectivity index (χ3v) is 6.60. The molecule has 142 valence electrons. The lowest BCUT2D eigenvalue weighted by atomic mass is 9.34. The van der Waals surface area contributed by atoms with Crippen molar-refractivity contribution >= 4 is 17.4 Å². The number of carbonyl (C=O) groups excluding carboxylic acids is 1. The maximum atomic E-state index is 13.6. The molecule has 1 heterocycles. The zero-order valence-corrected chi connectivity index (χ0v) is 15.6. The highest BCUT2D eigenvalue weighted by Crippen LogP contribution is 2.74. The van der Waals surface area contributed by atoms with Crippen LogP contribution >= 0.6 is 11.6 Å². The number of hydrogen-bond acceptors (Lipinski definition) is 5. The predicted molar refractivity (Wildman–Crippen MR) is 95.9 cm³/mol. The van der Waals surface area contributed by atoms with Crippen LogP contribution in [0.25, 0.3) is 11.5 Å². The fourth-order valence-corrected chi connectivity index (χ4v) is 4.93. The molecule has 0 saturated heterocycles. The minimum Gasteiger partial charge on any atom is -0.420 e. The molecule has 7 heteroatoms. The summed E-state index contributed by atoms with van der Waals surface area (Å²) in [5, 5.41) is 8.31. The van der Waals surface area contributed by atoms with Gasteiger partial charge < -0.3 is 9.15 Å². The van der Waals surface area contributed by atoms with Gasteiger partial charge in [0.05, 0.1) is 16.5 Å².